The number of ether oxygens (including phenoxy) is 2. The van der Waals surface area contributed by atoms with E-state index in [-0.39, 0.29) is 25.7 Å². The smallest absolute Gasteiger partial charge is 0.311 e. The third kappa shape index (κ3) is 5.53. The number of carbonyl (C=O) groups excluding carboxylic acids is 1. The second-order valence-corrected chi connectivity index (χ2v) is 4.74. The molecule has 0 aliphatic heterocycles. The molecule has 0 spiro atoms. The van der Waals surface area contributed by atoms with Crippen LogP contribution in [0.2, 0.25) is 0 Å². The molecule has 0 amide bonds. The number of hydrogen-bond donors (Lipinski definition) is 3. The summed E-state index contributed by atoms with van der Waals surface area (Å²) >= 11 is 0. The van der Waals surface area contributed by atoms with Crippen LogP contribution in [0.3, 0.4) is 0 Å². The van der Waals surface area contributed by atoms with Crippen LogP contribution in [0, 0.1) is 11.3 Å². The van der Waals surface area contributed by atoms with Crippen molar-refractivity contribution < 1.29 is 24.5 Å². The summed E-state index contributed by atoms with van der Waals surface area (Å²) in [5.74, 6) is -1.03. The second kappa shape index (κ2) is 8.39. The van der Waals surface area contributed by atoms with Gasteiger partial charge in [-0.3, -0.25) is 10.2 Å². The zero-order chi connectivity index (χ0) is 15.8. The minimum Gasteiger partial charge on any atom is -0.475 e. The van der Waals surface area contributed by atoms with E-state index in [2.05, 4.69) is 0 Å². The molecule has 0 fully saturated rings. The number of aliphatic hydroxyl groups excluding tert-OH is 2. The van der Waals surface area contributed by atoms with E-state index < -0.39 is 18.0 Å². The quantitative estimate of drug-likeness (QED) is 0.397. The average molecular weight is 295 g/mol. The van der Waals surface area contributed by atoms with E-state index in [0.29, 0.717) is 5.56 Å². The molecule has 0 aromatic heterocycles. The fourth-order valence-corrected chi connectivity index (χ4v) is 1.47. The van der Waals surface area contributed by atoms with E-state index in [0.717, 1.165) is 5.56 Å². The Kier molecular flexibility index (Phi) is 6.84. The monoisotopic (exact) mass is 295 g/mol. The molecule has 6 heteroatoms. The van der Waals surface area contributed by atoms with Gasteiger partial charge >= 0.3 is 5.97 Å². The van der Waals surface area contributed by atoms with Crippen LogP contribution in [0.1, 0.15) is 25.0 Å². The molecular formula is C15H21NO5. The van der Waals surface area contributed by atoms with Gasteiger partial charge in [-0.2, -0.15) is 0 Å². The van der Waals surface area contributed by atoms with Gasteiger partial charge in [0.2, 0.25) is 5.90 Å². The molecule has 0 heterocycles. The van der Waals surface area contributed by atoms with Gasteiger partial charge in [-0.05, 0) is 31.5 Å². The summed E-state index contributed by atoms with van der Waals surface area (Å²) in [6, 6.07) is 6.82. The van der Waals surface area contributed by atoms with Gasteiger partial charge in [-0.25, -0.2) is 0 Å². The molecule has 0 bridgehead atoms. The van der Waals surface area contributed by atoms with Gasteiger partial charge in [-0.15, -0.1) is 0 Å². The molecule has 0 radical (unpaired) electrons. The molecule has 0 aliphatic rings. The lowest BCUT2D eigenvalue weighted by molar-refractivity contribution is -0.152. The first kappa shape index (κ1) is 17.1. The maximum absolute atomic E-state index is 11.6. The molecule has 0 saturated carbocycles. The van der Waals surface area contributed by atoms with E-state index in [4.69, 9.17) is 20.0 Å². The van der Waals surface area contributed by atoms with Crippen LogP contribution in [0.5, 0.6) is 0 Å². The molecule has 1 aromatic carbocycles. The van der Waals surface area contributed by atoms with Crippen molar-refractivity contribution in [1.29, 1.82) is 5.41 Å². The number of esters is 1. The van der Waals surface area contributed by atoms with Crippen LogP contribution < -0.4 is 0 Å². The minimum absolute atomic E-state index is 0.0182. The summed E-state index contributed by atoms with van der Waals surface area (Å²) in [6.07, 6.45) is -0.746. The minimum atomic E-state index is -0.746. The molecule has 1 rings (SSSR count). The Bertz CT molecular complexity index is 469. The van der Waals surface area contributed by atoms with Gasteiger partial charge < -0.3 is 19.7 Å². The fraction of sp³-hybridized carbons (Fsp3) is 0.467. The van der Waals surface area contributed by atoms with Crippen LogP contribution in [-0.2, 0) is 20.9 Å². The number of benzene rings is 1. The molecule has 21 heavy (non-hydrogen) atoms. The van der Waals surface area contributed by atoms with Gasteiger partial charge in [-0.1, -0.05) is 12.1 Å². The van der Waals surface area contributed by atoms with E-state index >= 15 is 0 Å². The number of nitrogens with one attached hydrogen (secondary N) is 1. The van der Waals surface area contributed by atoms with Gasteiger partial charge in [0, 0.05) is 5.56 Å². The normalized spacial score (nSPS) is 13.3. The highest BCUT2D eigenvalue weighted by Crippen LogP contribution is 2.10. The molecular weight excluding hydrogens is 274 g/mol. The van der Waals surface area contributed by atoms with Crippen molar-refractivity contribution in [2.75, 3.05) is 13.2 Å². The van der Waals surface area contributed by atoms with Crippen LogP contribution in [0.15, 0.2) is 24.3 Å². The highest BCUT2D eigenvalue weighted by atomic mass is 16.5. The Morgan fingerprint density at radius 2 is 1.86 bits per heavy atom. The lowest BCUT2D eigenvalue weighted by Gasteiger charge is -2.13. The molecule has 1 aromatic rings. The van der Waals surface area contributed by atoms with Crippen molar-refractivity contribution >= 4 is 11.9 Å². The third-order valence-electron chi connectivity index (χ3n) is 3.03. The zero-order valence-corrected chi connectivity index (χ0v) is 12.2. The average Bonchev–Trinajstić information content (AvgIpc) is 2.49. The first-order chi connectivity index (χ1) is 9.95. The van der Waals surface area contributed by atoms with E-state index in [1.165, 1.54) is 0 Å². The Balaban J connectivity index is 2.51. The molecule has 0 saturated heterocycles. The van der Waals surface area contributed by atoms with E-state index in [1.807, 2.05) is 0 Å². The lowest BCUT2D eigenvalue weighted by atomic mass is 10.1. The third-order valence-corrected chi connectivity index (χ3v) is 3.03. The molecule has 0 aliphatic carbocycles. The van der Waals surface area contributed by atoms with Crippen molar-refractivity contribution in [1.82, 2.24) is 0 Å². The highest BCUT2D eigenvalue weighted by molar-refractivity contribution is 5.91. The lowest BCUT2D eigenvalue weighted by Crippen LogP contribution is -2.24. The van der Waals surface area contributed by atoms with Crippen LogP contribution in [0.25, 0.3) is 0 Å². The van der Waals surface area contributed by atoms with Gasteiger partial charge in [0.1, 0.15) is 13.2 Å². The van der Waals surface area contributed by atoms with Crippen molar-refractivity contribution in [3.8, 4) is 0 Å². The molecule has 2 atom stereocenters. The van der Waals surface area contributed by atoms with Crippen LogP contribution in [0.4, 0.5) is 0 Å². The Hall–Kier alpha value is -1.92. The number of carbonyl (C=O) groups is 1. The van der Waals surface area contributed by atoms with Gasteiger partial charge in [0.05, 0.1) is 18.6 Å². The highest BCUT2D eigenvalue weighted by Gasteiger charge is 2.19. The number of rotatable bonds is 7. The predicted octanol–water partition coefficient (Wildman–Crippen LogP) is 1.08. The zero-order valence-electron chi connectivity index (χ0n) is 12.2. The first-order valence-electron chi connectivity index (χ1n) is 6.72. The maximum atomic E-state index is 11.6. The summed E-state index contributed by atoms with van der Waals surface area (Å²) in [4.78, 5) is 11.6. The molecule has 116 valence electrons. The first-order valence-corrected chi connectivity index (χ1v) is 6.72. The largest absolute Gasteiger partial charge is 0.475 e. The summed E-state index contributed by atoms with van der Waals surface area (Å²) in [5.41, 5.74) is 1.36. The molecule has 6 nitrogen and oxygen atoms in total. The topological polar surface area (TPSA) is 99.8 Å². The van der Waals surface area contributed by atoms with Crippen LogP contribution >= 0.6 is 0 Å². The summed E-state index contributed by atoms with van der Waals surface area (Å²) < 4.78 is 10.1. The van der Waals surface area contributed by atoms with Gasteiger partial charge in [0.25, 0.3) is 0 Å². The van der Waals surface area contributed by atoms with Crippen molar-refractivity contribution in [3.63, 3.8) is 0 Å². The number of aliphatic hydroxyl groups is 2. The van der Waals surface area contributed by atoms with Crippen molar-refractivity contribution in [2.24, 2.45) is 5.92 Å². The number of hydrogen-bond acceptors (Lipinski definition) is 6. The summed E-state index contributed by atoms with van der Waals surface area (Å²) in [6.45, 7) is 3.20. The SMILES string of the molecule is CC(O)C(C)C(=O)OCc1ccc(C(=N)OCCO)cc1. The van der Waals surface area contributed by atoms with Gasteiger partial charge in [0.15, 0.2) is 0 Å². The summed E-state index contributed by atoms with van der Waals surface area (Å²) in [7, 11) is 0. The Labute approximate surface area is 123 Å². The predicted molar refractivity (Wildman–Crippen MR) is 76.9 cm³/mol. The molecule has 3 N–H and O–H groups in total. The fourth-order valence-electron chi connectivity index (χ4n) is 1.47. The maximum Gasteiger partial charge on any atom is 0.311 e. The molecule has 2 unspecified atom stereocenters. The standard InChI is InChI=1S/C15H21NO5/c1-10(11(2)18)15(19)21-9-12-3-5-13(6-4-12)14(16)20-8-7-17/h3-6,10-11,16-18H,7-9H2,1-2H3. The second-order valence-electron chi connectivity index (χ2n) is 4.74. The van der Waals surface area contributed by atoms with E-state index in [1.54, 1.807) is 38.1 Å². The Morgan fingerprint density at radius 3 is 2.38 bits per heavy atom. The van der Waals surface area contributed by atoms with Crippen LogP contribution in [-0.4, -0.2) is 41.4 Å². The Morgan fingerprint density at radius 1 is 1.24 bits per heavy atom. The summed E-state index contributed by atoms with van der Waals surface area (Å²) in [5, 5.41) is 25.6. The van der Waals surface area contributed by atoms with Crippen molar-refractivity contribution in [2.45, 2.75) is 26.6 Å². The van der Waals surface area contributed by atoms with Crippen molar-refractivity contribution in [3.05, 3.63) is 35.4 Å². The van der Waals surface area contributed by atoms with E-state index in [9.17, 15) is 9.90 Å².